The average Bonchev–Trinajstić information content (AvgIpc) is 3.00. The van der Waals surface area contributed by atoms with Crippen molar-refractivity contribution < 1.29 is 4.79 Å². The van der Waals surface area contributed by atoms with Crippen LogP contribution in [0.15, 0.2) is 36.7 Å². The van der Waals surface area contributed by atoms with E-state index in [9.17, 15) is 4.79 Å². The third-order valence-electron chi connectivity index (χ3n) is 3.63. The molecule has 1 aromatic carbocycles. The first-order chi connectivity index (χ1) is 10.1. The summed E-state index contributed by atoms with van der Waals surface area (Å²) in [6.07, 6.45) is 2.50. The Balaban J connectivity index is 2.02. The molecule has 0 spiro atoms. The lowest BCUT2D eigenvalue weighted by atomic mass is 9.99. The summed E-state index contributed by atoms with van der Waals surface area (Å²) < 4.78 is 1.84. The van der Waals surface area contributed by atoms with Gasteiger partial charge in [-0.1, -0.05) is 38.5 Å². The lowest BCUT2D eigenvalue weighted by Gasteiger charge is -2.17. The quantitative estimate of drug-likeness (QED) is 0.837. The van der Waals surface area contributed by atoms with Gasteiger partial charge in [0.05, 0.1) is 12.6 Å². The van der Waals surface area contributed by atoms with E-state index in [0.717, 1.165) is 12.1 Å². The molecular weight excluding hydrogens is 266 g/mol. The molecule has 6 nitrogen and oxygen atoms in total. The van der Waals surface area contributed by atoms with Gasteiger partial charge < -0.3 is 11.1 Å². The Bertz CT molecular complexity index is 581. The topological polar surface area (TPSA) is 85.8 Å². The normalized spacial score (nSPS) is 13.7. The fourth-order valence-electron chi connectivity index (χ4n) is 1.98. The van der Waals surface area contributed by atoms with Crippen molar-refractivity contribution in [3.63, 3.8) is 0 Å². The highest BCUT2D eigenvalue weighted by atomic mass is 16.2. The number of carbonyl (C=O) groups excluding carboxylic acids is 1. The summed E-state index contributed by atoms with van der Waals surface area (Å²) in [5, 5.41) is 10.8. The molecule has 0 bridgehead atoms. The van der Waals surface area contributed by atoms with Crippen LogP contribution in [0.2, 0.25) is 0 Å². The molecule has 0 aliphatic rings. The SMILES string of the molecule is CCC(C)C(N)C(=O)NCc1nncn1-c1ccccc1. The summed E-state index contributed by atoms with van der Waals surface area (Å²) in [7, 11) is 0. The third kappa shape index (κ3) is 3.66. The van der Waals surface area contributed by atoms with Gasteiger partial charge in [0, 0.05) is 5.69 Å². The number of nitrogens with two attached hydrogens (primary N) is 1. The number of para-hydroxylation sites is 1. The van der Waals surface area contributed by atoms with E-state index in [1.165, 1.54) is 0 Å². The van der Waals surface area contributed by atoms with Crippen molar-refractivity contribution in [2.45, 2.75) is 32.9 Å². The fraction of sp³-hybridized carbons (Fsp3) is 0.400. The first-order valence-corrected chi connectivity index (χ1v) is 7.11. The van der Waals surface area contributed by atoms with Crippen LogP contribution in [0.3, 0.4) is 0 Å². The molecule has 21 heavy (non-hydrogen) atoms. The molecule has 0 saturated heterocycles. The van der Waals surface area contributed by atoms with Crippen molar-refractivity contribution in [3.8, 4) is 5.69 Å². The Labute approximate surface area is 124 Å². The van der Waals surface area contributed by atoms with Crippen LogP contribution >= 0.6 is 0 Å². The zero-order chi connectivity index (χ0) is 15.2. The van der Waals surface area contributed by atoms with Gasteiger partial charge in [-0.05, 0) is 18.1 Å². The van der Waals surface area contributed by atoms with Crippen LogP contribution in [0.25, 0.3) is 5.69 Å². The van der Waals surface area contributed by atoms with Gasteiger partial charge in [0.1, 0.15) is 6.33 Å². The van der Waals surface area contributed by atoms with E-state index in [0.29, 0.717) is 12.4 Å². The highest BCUT2D eigenvalue weighted by Crippen LogP contribution is 2.09. The van der Waals surface area contributed by atoms with Gasteiger partial charge in [-0.25, -0.2) is 0 Å². The van der Waals surface area contributed by atoms with Crippen LogP contribution in [0.5, 0.6) is 0 Å². The predicted octanol–water partition coefficient (Wildman–Crippen LogP) is 1.26. The minimum atomic E-state index is -0.497. The predicted molar refractivity (Wildman–Crippen MR) is 80.6 cm³/mol. The van der Waals surface area contributed by atoms with Crippen molar-refractivity contribution in [1.82, 2.24) is 20.1 Å². The molecule has 0 aliphatic carbocycles. The van der Waals surface area contributed by atoms with Crippen LogP contribution in [0, 0.1) is 5.92 Å². The molecule has 0 saturated carbocycles. The molecule has 1 heterocycles. The standard InChI is InChI=1S/C15H21N5O/c1-3-11(2)14(16)15(21)17-9-13-19-18-10-20(13)12-7-5-4-6-8-12/h4-8,10-11,14H,3,9,16H2,1-2H3,(H,17,21). The second-order valence-electron chi connectivity index (χ2n) is 5.08. The monoisotopic (exact) mass is 287 g/mol. The second-order valence-corrected chi connectivity index (χ2v) is 5.08. The molecule has 1 aromatic heterocycles. The third-order valence-corrected chi connectivity index (χ3v) is 3.63. The molecule has 0 aliphatic heterocycles. The number of hydrogen-bond acceptors (Lipinski definition) is 4. The van der Waals surface area contributed by atoms with Crippen molar-refractivity contribution >= 4 is 5.91 Å². The highest BCUT2D eigenvalue weighted by molar-refractivity contribution is 5.81. The molecule has 2 rings (SSSR count). The van der Waals surface area contributed by atoms with E-state index in [1.807, 2.05) is 48.7 Å². The van der Waals surface area contributed by atoms with Crippen molar-refractivity contribution in [3.05, 3.63) is 42.5 Å². The Morgan fingerprint density at radius 3 is 2.76 bits per heavy atom. The maximum Gasteiger partial charge on any atom is 0.237 e. The van der Waals surface area contributed by atoms with E-state index in [-0.39, 0.29) is 11.8 Å². The van der Waals surface area contributed by atoms with Gasteiger partial charge in [-0.3, -0.25) is 9.36 Å². The zero-order valence-electron chi connectivity index (χ0n) is 12.4. The van der Waals surface area contributed by atoms with Gasteiger partial charge in [0.15, 0.2) is 5.82 Å². The molecule has 0 fully saturated rings. The maximum atomic E-state index is 12.0. The lowest BCUT2D eigenvalue weighted by Crippen LogP contribution is -2.44. The maximum absolute atomic E-state index is 12.0. The Morgan fingerprint density at radius 2 is 2.10 bits per heavy atom. The number of nitrogens with one attached hydrogen (secondary N) is 1. The minimum Gasteiger partial charge on any atom is -0.347 e. The molecule has 2 aromatic rings. The van der Waals surface area contributed by atoms with E-state index in [1.54, 1.807) is 6.33 Å². The lowest BCUT2D eigenvalue weighted by molar-refractivity contribution is -0.123. The van der Waals surface area contributed by atoms with Crippen LogP contribution in [0.4, 0.5) is 0 Å². The summed E-state index contributed by atoms with van der Waals surface area (Å²) in [4.78, 5) is 12.0. The Morgan fingerprint density at radius 1 is 1.38 bits per heavy atom. The summed E-state index contributed by atoms with van der Waals surface area (Å²) in [6.45, 7) is 4.29. The summed E-state index contributed by atoms with van der Waals surface area (Å²) >= 11 is 0. The molecule has 112 valence electrons. The average molecular weight is 287 g/mol. The number of rotatable bonds is 6. The van der Waals surface area contributed by atoms with Gasteiger partial charge in [0.25, 0.3) is 0 Å². The number of nitrogens with zero attached hydrogens (tertiary/aromatic N) is 3. The van der Waals surface area contributed by atoms with E-state index < -0.39 is 6.04 Å². The molecule has 6 heteroatoms. The van der Waals surface area contributed by atoms with Crippen LogP contribution in [-0.2, 0) is 11.3 Å². The molecule has 1 amide bonds. The first-order valence-electron chi connectivity index (χ1n) is 7.11. The highest BCUT2D eigenvalue weighted by Gasteiger charge is 2.19. The van der Waals surface area contributed by atoms with E-state index >= 15 is 0 Å². The number of hydrogen-bond donors (Lipinski definition) is 2. The number of amides is 1. The smallest absolute Gasteiger partial charge is 0.237 e. The van der Waals surface area contributed by atoms with Crippen LogP contribution < -0.4 is 11.1 Å². The number of aromatic nitrogens is 3. The van der Waals surface area contributed by atoms with Gasteiger partial charge in [0.2, 0.25) is 5.91 Å². The van der Waals surface area contributed by atoms with Gasteiger partial charge in [-0.2, -0.15) is 0 Å². The summed E-state index contributed by atoms with van der Waals surface area (Å²) in [6, 6.07) is 9.25. The molecule has 3 N–H and O–H groups in total. The second kappa shape index (κ2) is 6.99. The van der Waals surface area contributed by atoms with E-state index in [4.69, 9.17) is 5.73 Å². The number of carbonyl (C=O) groups is 1. The molecule has 0 radical (unpaired) electrons. The Hall–Kier alpha value is -2.21. The fourth-order valence-corrected chi connectivity index (χ4v) is 1.98. The minimum absolute atomic E-state index is 0.150. The largest absolute Gasteiger partial charge is 0.347 e. The summed E-state index contributed by atoms with van der Waals surface area (Å²) in [5.41, 5.74) is 6.86. The van der Waals surface area contributed by atoms with E-state index in [2.05, 4.69) is 15.5 Å². The molecule has 2 unspecified atom stereocenters. The van der Waals surface area contributed by atoms with Gasteiger partial charge in [-0.15, -0.1) is 10.2 Å². The van der Waals surface area contributed by atoms with Crippen molar-refractivity contribution in [2.24, 2.45) is 11.7 Å². The van der Waals surface area contributed by atoms with Crippen molar-refractivity contribution in [2.75, 3.05) is 0 Å². The summed E-state index contributed by atoms with van der Waals surface area (Å²) in [5.74, 6) is 0.662. The first kappa shape index (κ1) is 15.2. The molecular formula is C15H21N5O. The van der Waals surface area contributed by atoms with Crippen LogP contribution in [-0.4, -0.2) is 26.7 Å². The molecule has 2 atom stereocenters. The van der Waals surface area contributed by atoms with Crippen LogP contribution in [0.1, 0.15) is 26.1 Å². The van der Waals surface area contributed by atoms with Gasteiger partial charge >= 0.3 is 0 Å². The number of benzene rings is 1. The zero-order valence-corrected chi connectivity index (χ0v) is 12.4. The van der Waals surface area contributed by atoms with Crippen molar-refractivity contribution in [1.29, 1.82) is 0 Å². The Kier molecular flexibility index (Phi) is 5.05.